The van der Waals surface area contributed by atoms with Gasteiger partial charge in [-0.25, -0.2) is 9.97 Å². The number of anilines is 2. The highest BCUT2D eigenvalue weighted by Crippen LogP contribution is 2.14. The van der Waals surface area contributed by atoms with Crippen LogP contribution < -0.4 is 11.1 Å². The van der Waals surface area contributed by atoms with Crippen molar-refractivity contribution in [3.8, 4) is 0 Å². The van der Waals surface area contributed by atoms with Crippen LogP contribution in [0.5, 0.6) is 0 Å². The topological polar surface area (TPSA) is 76.3 Å². The van der Waals surface area contributed by atoms with Crippen LogP contribution in [-0.4, -0.2) is 55.3 Å². The van der Waals surface area contributed by atoms with Gasteiger partial charge in [-0.15, -0.1) is 0 Å². The van der Waals surface area contributed by atoms with Crippen molar-refractivity contribution in [1.29, 1.82) is 0 Å². The van der Waals surface area contributed by atoms with Gasteiger partial charge in [0, 0.05) is 32.3 Å². The molecule has 0 amide bonds. The van der Waals surface area contributed by atoms with Crippen LogP contribution in [0, 0.1) is 6.92 Å². The molecule has 0 bridgehead atoms. The van der Waals surface area contributed by atoms with E-state index in [0.29, 0.717) is 5.82 Å². The summed E-state index contributed by atoms with van der Waals surface area (Å²) in [4.78, 5) is 10.3. The zero-order valence-electron chi connectivity index (χ0n) is 10.7. The lowest BCUT2D eigenvalue weighted by atomic mass is 10.3. The van der Waals surface area contributed by atoms with Crippen LogP contribution >= 0.6 is 0 Å². The molecule has 1 heterocycles. The zero-order chi connectivity index (χ0) is 12.7. The molecule has 0 saturated heterocycles. The molecule has 0 spiro atoms. The summed E-state index contributed by atoms with van der Waals surface area (Å²) in [5.41, 5.74) is 6.60. The maximum absolute atomic E-state index is 5.70. The van der Waals surface area contributed by atoms with Crippen LogP contribution in [-0.2, 0) is 4.74 Å². The van der Waals surface area contributed by atoms with E-state index in [-0.39, 0.29) is 0 Å². The lowest BCUT2D eigenvalue weighted by Crippen LogP contribution is -2.28. The Hall–Kier alpha value is -1.40. The molecule has 0 unspecified atom stereocenters. The van der Waals surface area contributed by atoms with E-state index >= 15 is 0 Å². The Morgan fingerprint density at radius 3 is 2.88 bits per heavy atom. The molecule has 0 aliphatic carbocycles. The van der Waals surface area contributed by atoms with Crippen LogP contribution in [0.4, 0.5) is 11.6 Å². The number of likely N-dealkylation sites (N-methyl/N-ethyl adjacent to an activating group) is 1. The second-order valence-electron chi connectivity index (χ2n) is 3.96. The fourth-order valence-corrected chi connectivity index (χ4v) is 1.37. The Labute approximate surface area is 102 Å². The molecular formula is C11H21N5O. The predicted molar refractivity (Wildman–Crippen MR) is 69.0 cm³/mol. The summed E-state index contributed by atoms with van der Waals surface area (Å²) >= 11 is 0. The van der Waals surface area contributed by atoms with Gasteiger partial charge in [-0.3, -0.25) is 0 Å². The Balaban J connectivity index is 2.33. The van der Waals surface area contributed by atoms with Crippen LogP contribution in [0.15, 0.2) is 6.33 Å². The maximum atomic E-state index is 5.70. The summed E-state index contributed by atoms with van der Waals surface area (Å²) in [6, 6.07) is 0. The van der Waals surface area contributed by atoms with Crippen LogP contribution in [0.3, 0.4) is 0 Å². The number of nitrogens with one attached hydrogen (secondary N) is 1. The quantitative estimate of drug-likeness (QED) is 0.715. The SMILES string of the molecule is COCCN(C)CCNc1ncnc(N)c1C. The second-order valence-corrected chi connectivity index (χ2v) is 3.96. The van der Waals surface area contributed by atoms with E-state index in [9.17, 15) is 0 Å². The van der Waals surface area contributed by atoms with E-state index in [1.807, 2.05) is 6.92 Å². The number of nitrogen functional groups attached to an aromatic ring is 1. The van der Waals surface area contributed by atoms with Gasteiger partial charge in [-0.05, 0) is 14.0 Å². The highest BCUT2D eigenvalue weighted by atomic mass is 16.5. The molecule has 96 valence electrons. The second kappa shape index (κ2) is 7.03. The van der Waals surface area contributed by atoms with Gasteiger partial charge in [0.25, 0.3) is 0 Å². The first-order valence-corrected chi connectivity index (χ1v) is 5.63. The van der Waals surface area contributed by atoms with E-state index in [2.05, 4.69) is 27.2 Å². The van der Waals surface area contributed by atoms with Gasteiger partial charge in [0.05, 0.1) is 6.61 Å². The minimum Gasteiger partial charge on any atom is -0.383 e. The molecule has 0 aliphatic heterocycles. The molecule has 1 rings (SSSR count). The van der Waals surface area contributed by atoms with Gasteiger partial charge in [-0.1, -0.05) is 0 Å². The molecule has 6 heteroatoms. The largest absolute Gasteiger partial charge is 0.383 e. The van der Waals surface area contributed by atoms with Gasteiger partial charge in [0.1, 0.15) is 18.0 Å². The van der Waals surface area contributed by atoms with Crippen molar-refractivity contribution in [3.05, 3.63) is 11.9 Å². The lowest BCUT2D eigenvalue weighted by molar-refractivity contribution is 0.163. The van der Waals surface area contributed by atoms with E-state index in [4.69, 9.17) is 10.5 Å². The van der Waals surface area contributed by atoms with Crippen molar-refractivity contribution in [2.75, 3.05) is 51.4 Å². The Morgan fingerprint density at radius 1 is 1.41 bits per heavy atom. The average Bonchev–Trinajstić information content (AvgIpc) is 2.32. The highest BCUT2D eigenvalue weighted by molar-refractivity contribution is 5.53. The Bertz CT molecular complexity index is 345. The summed E-state index contributed by atoms with van der Waals surface area (Å²) in [6.07, 6.45) is 1.47. The molecule has 17 heavy (non-hydrogen) atoms. The minimum atomic E-state index is 0.523. The molecule has 0 saturated carbocycles. The number of methoxy groups -OCH3 is 1. The monoisotopic (exact) mass is 239 g/mol. The zero-order valence-corrected chi connectivity index (χ0v) is 10.7. The molecule has 6 nitrogen and oxygen atoms in total. The number of aromatic nitrogens is 2. The van der Waals surface area contributed by atoms with Crippen molar-refractivity contribution in [1.82, 2.24) is 14.9 Å². The number of rotatable bonds is 7. The van der Waals surface area contributed by atoms with Crippen LogP contribution in [0.1, 0.15) is 5.56 Å². The van der Waals surface area contributed by atoms with E-state index < -0.39 is 0 Å². The lowest BCUT2D eigenvalue weighted by Gasteiger charge is -2.17. The molecule has 0 aliphatic rings. The van der Waals surface area contributed by atoms with Crippen molar-refractivity contribution in [2.45, 2.75) is 6.92 Å². The van der Waals surface area contributed by atoms with Crippen molar-refractivity contribution < 1.29 is 4.74 Å². The summed E-state index contributed by atoms with van der Waals surface area (Å²) in [6.45, 7) is 5.32. The number of hydrogen-bond donors (Lipinski definition) is 2. The summed E-state index contributed by atoms with van der Waals surface area (Å²) in [5.74, 6) is 1.33. The molecule has 3 N–H and O–H groups in total. The van der Waals surface area contributed by atoms with Gasteiger partial charge in [0.2, 0.25) is 0 Å². The molecule has 0 aromatic carbocycles. The first-order valence-electron chi connectivity index (χ1n) is 5.63. The average molecular weight is 239 g/mol. The van der Waals surface area contributed by atoms with Gasteiger partial charge >= 0.3 is 0 Å². The highest BCUT2D eigenvalue weighted by Gasteiger charge is 2.03. The van der Waals surface area contributed by atoms with E-state index in [1.54, 1.807) is 7.11 Å². The van der Waals surface area contributed by atoms with Crippen molar-refractivity contribution in [2.24, 2.45) is 0 Å². The number of ether oxygens (including phenoxy) is 1. The molecule has 0 atom stereocenters. The third kappa shape index (κ3) is 4.54. The summed E-state index contributed by atoms with van der Waals surface area (Å²) in [5, 5.41) is 3.25. The molecule has 1 aromatic rings. The van der Waals surface area contributed by atoms with Gasteiger partial charge in [-0.2, -0.15) is 0 Å². The van der Waals surface area contributed by atoms with Crippen LogP contribution in [0.2, 0.25) is 0 Å². The number of hydrogen-bond acceptors (Lipinski definition) is 6. The third-order valence-electron chi connectivity index (χ3n) is 2.59. The first-order chi connectivity index (χ1) is 8.15. The summed E-state index contributed by atoms with van der Waals surface area (Å²) < 4.78 is 5.01. The van der Waals surface area contributed by atoms with Crippen molar-refractivity contribution in [3.63, 3.8) is 0 Å². The Morgan fingerprint density at radius 2 is 2.18 bits per heavy atom. The van der Waals surface area contributed by atoms with Crippen molar-refractivity contribution >= 4 is 11.6 Å². The van der Waals surface area contributed by atoms with Gasteiger partial charge in [0.15, 0.2) is 0 Å². The molecule has 1 aromatic heterocycles. The van der Waals surface area contributed by atoms with Gasteiger partial charge < -0.3 is 20.7 Å². The summed E-state index contributed by atoms with van der Waals surface area (Å²) in [7, 11) is 3.76. The minimum absolute atomic E-state index is 0.523. The van der Waals surface area contributed by atoms with E-state index in [0.717, 1.165) is 37.6 Å². The standard InChI is InChI=1S/C11H21N5O/c1-9-10(12)14-8-15-11(9)13-4-5-16(2)6-7-17-3/h8H,4-7H2,1-3H3,(H3,12,13,14,15). The van der Waals surface area contributed by atoms with E-state index in [1.165, 1.54) is 6.33 Å². The maximum Gasteiger partial charge on any atom is 0.134 e. The first kappa shape index (κ1) is 13.7. The molecule has 0 radical (unpaired) electrons. The molecule has 0 fully saturated rings. The third-order valence-corrected chi connectivity index (χ3v) is 2.59. The Kier molecular flexibility index (Phi) is 5.65. The molecular weight excluding hydrogens is 218 g/mol. The normalized spacial score (nSPS) is 10.8. The fraction of sp³-hybridized carbons (Fsp3) is 0.636. The number of nitrogens with zero attached hydrogens (tertiary/aromatic N) is 3. The fourth-order valence-electron chi connectivity index (χ4n) is 1.37. The predicted octanol–water partition coefficient (Wildman–Crippen LogP) is 0.357. The van der Waals surface area contributed by atoms with Crippen LogP contribution in [0.25, 0.3) is 0 Å². The smallest absolute Gasteiger partial charge is 0.134 e. The number of nitrogens with two attached hydrogens (primary N) is 1.